The van der Waals surface area contributed by atoms with Gasteiger partial charge in [-0.3, -0.25) is 0 Å². The molecule has 1 aliphatic heterocycles. The number of sulfone groups is 1. The van der Waals surface area contributed by atoms with Gasteiger partial charge in [0.25, 0.3) is 0 Å². The van der Waals surface area contributed by atoms with Gasteiger partial charge in [-0.05, 0) is 32.7 Å². The van der Waals surface area contributed by atoms with Gasteiger partial charge in [0, 0.05) is 11.6 Å². The summed E-state index contributed by atoms with van der Waals surface area (Å²) in [6, 6.07) is 0.235. The van der Waals surface area contributed by atoms with Crippen LogP contribution in [-0.2, 0) is 9.84 Å². The summed E-state index contributed by atoms with van der Waals surface area (Å²) in [6.07, 6.45) is 3.78. The van der Waals surface area contributed by atoms with E-state index < -0.39 is 9.84 Å². The van der Waals surface area contributed by atoms with E-state index >= 15 is 0 Å². The van der Waals surface area contributed by atoms with Gasteiger partial charge in [0.15, 0.2) is 9.84 Å². The first kappa shape index (κ1) is 13.9. The molecule has 0 saturated carbocycles. The second kappa shape index (κ2) is 5.47. The quantitative estimate of drug-likeness (QED) is 0.725. The Morgan fingerprint density at radius 3 is 2.62 bits per heavy atom. The summed E-state index contributed by atoms with van der Waals surface area (Å²) >= 11 is 0. The van der Waals surface area contributed by atoms with Gasteiger partial charge in [0.1, 0.15) is 0 Å². The first-order valence-corrected chi connectivity index (χ1v) is 7.90. The number of hydrogen-bond donors (Lipinski definition) is 2. The molecule has 0 aromatic rings. The number of hydrogen-bond acceptors (Lipinski definition) is 4. The second-order valence-corrected chi connectivity index (χ2v) is 7.35. The van der Waals surface area contributed by atoms with Crippen molar-refractivity contribution in [3.63, 3.8) is 0 Å². The van der Waals surface area contributed by atoms with Crippen molar-refractivity contribution in [1.29, 1.82) is 0 Å². The summed E-state index contributed by atoms with van der Waals surface area (Å²) in [6.45, 7) is 4.92. The average molecular weight is 248 g/mol. The maximum Gasteiger partial charge on any atom is 0.152 e. The summed E-state index contributed by atoms with van der Waals surface area (Å²) in [5, 5.41) is 3.34. The van der Waals surface area contributed by atoms with E-state index in [9.17, 15) is 8.42 Å². The molecule has 0 spiro atoms. The largest absolute Gasteiger partial charge is 0.328 e. The van der Waals surface area contributed by atoms with Crippen LogP contribution in [0.15, 0.2) is 0 Å². The lowest BCUT2D eigenvalue weighted by molar-refractivity contribution is 0.382. The molecule has 1 aliphatic rings. The van der Waals surface area contributed by atoms with Gasteiger partial charge in [-0.15, -0.1) is 0 Å². The molecule has 2 unspecified atom stereocenters. The smallest absolute Gasteiger partial charge is 0.152 e. The van der Waals surface area contributed by atoms with E-state index in [1.807, 2.05) is 6.92 Å². The number of nitrogens with one attached hydrogen (secondary N) is 1. The van der Waals surface area contributed by atoms with Crippen molar-refractivity contribution in [1.82, 2.24) is 5.32 Å². The maximum absolute atomic E-state index is 11.4. The Balaban J connectivity index is 2.28. The van der Waals surface area contributed by atoms with Crippen molar-refractivity contribution < 1.29 is 8.42 Å². The summed E-state index contributed by atoms with van der Waals surface area (Å²) in [5.41, 5.74) is 5.68. The van der Waals surface area contributed by atoms with E-state index in [1.165, 1.54) is 0 Å². The van der Waals surface area contributed by atoms with Crippen LogP contribution in [0.25, 0.3) is 0 Å². The molecule has 0 bridgehead atoms. The lowest BCUT2D eigenvalue weighted by atomic mass is 10.0. The Labute approximate surface area is 98.9 Å². The molecule has 5 heteroatoms. The minimum Gasteiger partial charge on any atom is -0.328 e. The lowest BCUT2D eigenvalue weighted by Gasteiger charge is -2.24. The molecular formula is C11H24N2O2S. The predicted molar refractivity (Wildman–Crippen MR) is 67.2 cm³/mol. The van der Waals surface area contributed by atoms with Crippen LogP contribution in [0.5, 0.6) is 0 Å². The van der Waals surface area contributed by atoms with E-state index in [-0.39, 0.29) is 17.3 Å². The van der Waals surface area contributed by atoms with Gasteiger partial charge in [0.05, 0.1) is 11.5 Å². The van der Waals surface area contributed by atoms with Crippen LogP contribution >= 0.6 is 0 Å². The number of rotatable bonds is 6. The molecule has 2 atom stereocenters. The van der Waals surface area contributed by atoms with Crippen molar-refractivity contribution in [3.05, 3.63) is 0 Å². The van der Waals surface area contributed by atoms with Gasteiger partial charge in [-0.25, -0.2) is 8.42 Å². The van der Waals surface area contributed by atoms with Crippen LogP contribution in [0, 0.1) is 0 Å². The lowest BCUT2D eigenvalue weighted by Crippen LogP contribution is -2.45. The molecule has 1 rings (SSSR count). The fraction of sp³-hybridized carbons (Fsp3) is 1.00. The number of nitrogens with two attached hydrogens (primary N) is 1. The van der Waals surface area contributed by atoms with E-state index in [0.717, 1.165) is 32.2 Å². The molecule has 0 aromatic heterocycles. The first-order chi connectivity index (χ1) is 7.37. The molecule has 0 aromatic carbocycles. The van der Waals surface area contributed by atoms with Crippen LogP contribution in [-0.4, -0.2) is 38.0 Å². The molecule has 1 saturated heterocycles. The minimum absolute atomic E-state index is 0.231. The van der Waals surface area contributed by atoms with Gasteiger partial charge in [-0.2, -0.15) is 0 Å². The Morgan fingerprint density at radius 1 is 1.44 bits per heavy atom. The van der Waals surface area contributed by atoms with E-state index in [1.54, 1.807) is 0 Å². The third-order valence-corrected chi connectivity index (χ3v) is 5.13. The zero-order chi connectivity index (χ0) is 12.2. The van der Waals surface area contributed by atoms with Crippen LogP contribution < -0.4 is 11.1 Å². The Morgan fingerprint density at radius 2 is 2.12 bits per heavy atom. The Hall–Kier alpha value is -0.130. The molecule has 0 aliphatic carbocycles. The highest BCUT2D eigenvalue weighted by Gasteiger charge is 2.37. The summed E-state index contributed by atoms with van der Waals surface area (Å²) in [5.74, 6) is 0.584. The van der Waals surface area contributed by atoms with Gasteiger partial charge in [0.2, 0.25) is 0 Å². The zero-order valence-corrected chi connectivity index (χ0v) is 11.1. The van der Waals surface area contributed by atoms with Crippen LogP contribution in [0.1, 0.15) is 39.5 Å². The SMILES string of the molecule is CCCC(N)CCNC1(C)CCS(=O)(=O)C1. The maximum atomic E-state index is 11.4. The zero-order valence-electron chi connectivity index (χ0n) is 10.3. The molecule has 0 radical (unpaired) electrons. The third kappa shape index (κ3) is 4.39. The summed E-state index contributed by atoms with van der Waals surface area (Å²) in [4.78, 5) is 0. The van der Waals surface area contributed by atoms with Gasteiger partial charge >= 0.3 is 0 Å². The molecular weight excluding hydrogens is 224 g/mol. The highest BCUT2D eigenvalue weighted by Crippen LogP contribution is 2.22. The molecule has 1 heterocycles. The van der Waals surface area contributed by atoms with Crippen molar-refractivity contribution in [2.75, 3.05) is 18.1 Å². The third-order valence-electron chi connectivity index (χ3n) is 3.23. The molecule has 16 heavy (non-hydrogen) atoms. The minimum atomic E-state index is -2.81. The molecule has 3 N–H and O–H groups in total. The van der Waals surface area contributed by atoms with Crippen molar-refractivity contribution in [2.24, 2.45) is 5.73 Å². The summed E-state index contributed by atoms with van der Waals surface area (Å²) < 4.78 is 22.8. The monoisotopic (exact) mass is 248 g/mol. The van der Waals surface area contributed by atoms with Crippen LogP contribution in [0.4, 0.5) is 0 Å². The second-order valence-electron chi connectivity index (χ2n) is 5.17. The van der Waals surface area contributed by atoms with Crippen LogP contribution in [0.3, 0.4) is 0 Å². The summed E-state index contributed by atoms with van der Waals surface area (Å²) in [7, 11) is -2.81. The van der Waals surface area contributed by atoms with E-state index in [0.29, 0.717) is 5.75 Å². The van der Waals surface area contributed by atoms with Gasteiger partial charge < -0.3 is 11.1 Å². The normalized spacial score (nSPS) is 30.4. The highest BCUT2D eigenvalue weighted by molar-refractivity contribution is 7.91. The average Bonchev–Trinajstić information content (AvgIpc) is 2.41. The topological polar surface area (TPSA) is 72.2 Å². The van der Waals surface area contributed by atoms with E-state index in [2.05, 4.69) is 12.2 Å². The van der Waals surface area contributed by atoms with Crippen molar-refractivity contribution in [2.45, 2.75) is 51.1 Å². The standard InChI is InChI=1S/C11H24N2O2S/c1-3-4-10(12)5-7-13-11(2)6-8-16(14,15)9-11/h10,13H,3-9,12H2,1-2H3. The first-order valence-electron chi connectivity index (χ1n) is 6.08. The van der Waals surface area contributed by atoms with E-state index in [4.69, 9.17) is 5.73 Å². The van der Waals surface area contributed by atoms with Crippen molar-refractivity contribution >= 4 is 9.84 Å². The fourth-order valence-corrected chi connectivity index (χ4v) is 4.35. The fourth-order valence-electron chi connectivity index (χ4n) is 2.22. The molecule has 4 nitrogen and oxygen atoms in total. The van der Waals surface area contributed by atoms with Gasteiger partial charge in [-0.1, -0.05) is 13.3 Å². The Bertz CT molecular complexity index is 316. The van der Waals surface area contributed by atoms with Crippen LogP contribution in [0.2, 0.25) is 0 Å². The molecule has 1 fully saturated rings. The molecule has 0 amide bonds. The predicted octanol–water partition coefficient (Wildman–Crippen LogP) is 0.671. The Kier molecular flexibility index (Phi) is 4.76. The highest BCUT2D eigenvalue weighted by atomic mass is 32.2. The van der Waals surface area contributed by atoms with Crippen molar-refractivity contribution in [3.8, 4) is 0 Å². The molecule has 96 valence electrons.